The molecule has 0 amide bonds. The number of aliphatic imine (C=N–C) groups is 3. The van der Waals surface area contributed by atoms with Gasteiger partial charge in [-0.25, -0.2) is 9.98 Å². The zero-order valence-electron chi connectivity index (χ0n) is 28.9. The third-order valence-electron chi connectivity index (χ3n) is 4.85. The van der Waals surface area contributed by atoms with Crippen LogP contribution in [0.4, 0.5) is 0 Å². The first kappa shape index (κ1) is 51.6. The fraction of sp³-hybridized carbons (Fsp3) is 0.500. The Hall–Kier alpha value is -3.13. The predicted octanol–water partition coefficient (Wildman–Crippen LogP) is 7.13. The molecule has 0 fully saturated rings. The second-order valence-corrected chi connectivity index (χ2v) is 7.21. The van der Waals surface area contributed by atoms with Gasteiger partial charge in [-0.15, -0.1) is 0 Å². The molecule has 2 atom stereocenters. The van der Waals surface area contributed by atoms with E-state index in [0.717, 1.165) is 11.1 Å². The lowest BCUT2D eigenvalue weighted by Crippen LogP contribution is -2.46. The van der Waals surface area contributed by atoms with Gasteiger partial charge in [-0.1, -0.05) is 144 Å². The molecular weight excluding hydrogens is 536 g/mol. The second kappa shape index (κ2) is 30.8. The van der Waals surface area contributed by atoms with Gasteiger partial charge in [-0.05, 0) is 37.2 Å². The van der Waals surface area contributed by atoms with Crippen LogP contribution in [-0.4, -0.2) is 39.6 Å². The van der Waals surface area contributed by atoms with E-state index in [1.807, 2.05) is 158 Å². The third kappa shape index (κ3) is 15.8. The first-order valence-corrected chi connectivity index (χ1v) is 15.1. The number of rotatable bonds is 2. The van der Waals surface area contributed by atoms with E-state index in [0.29, 0.717) is 16.8 Å². The van der Waals surface area contributed by atoms with Gasteiger partial charge in [0.05, 0.1) is 0 Å². The van der Waals surface area contributed by atoms with Gasteiger partial charge < -0.3 is 22.5 Å². The van der Waals surface area contributed by atoms with Gasteiger partial charge in [-0.2, -0.15) is 4.99 Å². The molecule has 7 nitrogen and oxygen atoms in total. The molecule has 0 aliphatic carbocycles. The molecule has 42 heavy (non-hydrogen) atoms. The van der Waals surface area contributed by atoms with E-state index in [1.165, 1.54) is 0 Å². The lowest BCUT2D eigenvalue weighted by molar-refractivity contribution is 0.610. The van der Waals surface area contributed by atoms with Crippen molar-refractivity contribution < 1.29 is 0 Å². The summed E-state index contributed by atoms with van der Waals surface area (Å²) in [5.41, 5.74) is 18.2. The molecule has 2 unspecified atom stereocenters. The smallest absolute Gasteiger partial charge is 0.218 e. The molecule has 7 N–H and O–H groups in total. The highest BCUT2D eigenvalue weighted by molar-refractivity contribution is 7.80. The molecule has 0 spiro atoms. The number of benzene rings is 2. The average molecular weight is 596 g/mol. The number of amidine groups is 2. The van der Waals surface area contributed by atoms with E-state index in [9.17, 15) is 0 Å². The van der Waals surface area contributed by atoms with Crippen LogP contribution >= 0.6 is 12.2 Å². The summed E-state index contributed by atoms with van der Waals surface area (Å²) in [6, 6.07) is 19.7. The predicted molar refractivity (Wildman–Crippen MR) is 198 cm³/mol. The summed E-state index contributed by atoms with van der Waals surface area (Å²) in [6.45, 7) is 27.9. The van der Waals surface area contributed by atoms with Crippen LogP contribution in [0.2, 0.25) is 0 Å². The molecular formula is C32H59B2N7S. The van der Waals surface area contributed by atoms with Crippen LogP contribution in [0.15, 0.2) is 75.6 Å². The van der Waals surface area contributed by atoms with E-state index in [2.05, 4.69) is 20.3 Å². The summed E-state index contributed by atoms with van der Waals surface area (Å²) in [5, 5.41) is 3.55. The molecule has 10 heteroatoms. The monoisotopic (exact) mass is 595 g/mol. The summed E-state index contributed by atoms with van der Waals surface area (Å²) in [5.74, 6) is 1.21. The van der Waals surface area contributed by atoms with Crippen molar-refractivity contribution in [2.24, 2.45) is 32.2 Å². The second-order valence-electron chi connectivity index (χ2n) is 6.82. The third-order valence-corrected chi connectivity index (χ3v) is 5.04. The highest BCUT2D eigenvalue weighted by Gasteiger charge is 2.36. The molecule has 2 aliphatic rings. The quantitative estimate of drug-likeness (QED) is 0.217. The Bertz CT molecular complexity index is 985. The summed E-state index contributed by atoms with van der Waals surface area (Å²) >= 11 is 4.97. The van der Waals surface area contributed by atoms with Gasteiger partial charge in [0.15, 0.2) is 5.11 Å². The Labute approximate surface area is 268 Å². The summed E-state index contributed by atoms with van der Waals surface area (Å²) in [6.07, 6.45) is 0. The molecule has 2 aromatic carbocycles. The maximum absolute atomic E-state index is 5.84. The largest absolute Gasteiger partial charge is 0.385 e. The summed E-state index contributed by atoms with van der Waals surface area (Å²) < 4.78 is 0. The minimum Gasteiger partial charge on any atom is -0.385 e. The lowest BCUT2D eigenvalue weighted by atomic mass is 9.92. The van der Waals surface area contributed by atoms with Crippen molar-refractivity contribution in [2.45, 2.75) is 108 Å². The average Bonchev–Trinajstić information content (AvgIpc) is 3.47. The number of thiocarbonyl (C=S) groups is 1. The maximum atomic E-state index is 5.84. The first-order chi connectivity index (χ1) is 19.3. The van der Waals surface area contributed by atoms with Gasteiger partial charge in [0, 0.05) is 16.8 Å². The molecule has 2 aromatic rings. The first-order valence-electron chi connectivity index (χ1n) is 14.7. The summed E-state index contributed by atoms with van der Waals surface area (Å²) in [4.78, 5) is 12.2. The van der Waals surface area contributed by atoms with E-state index in [1.54, 1.807) is 0 Å². The Balaban J connectivity index is -0.000000110. The van der Waals surface area contributed by atoms with Crippen molar-refractivity contribution in [3.63, 3.8) is 0 Å². The molecule has 6 radical (unpaired) electrons. The fourth-order valence-electron chi connectivity index (χ4n) is 3.04. The van der Waals surface area contributed by atoms with Gasteiger partial charge in [0.1, 0.15) is 22.7 Å². The minimum absolute atomic E-state index is 0. The van der Waals surface area contributed by atoms with Crippen LogP contribution in [-0.2, 0) is 11.1 Å². The normalized spacial score (nSPS) is 18.0. The fourth-order valence-corrected chi connectivity index (χ4v) is 3.34. The zero-order chi connectivity index (χ0) is 32.4. The Kier molecular flexibility index (Phi) is 37.9. The molecule has 0 aromatic heterocycles. The van der Waals surface area contributed by atoms with E-state index < -0.39 is 11.1 Å². The van der Waals surface area contributed by atoms with Crippen LogP contribution in [0, 0.1) is 0 Å². The molecule has 2 heterocycles. The van der Waals surface area contributed by atoms with Gasteiger partial charge in [-0.3, -0.25) is 0 Å². The Morgan fingerprint density at radius 2 is 0.929 bits per heavy atom. The van der Waals surface area contributed by atoms with Crippen LogP contribution in [0.25, 0.3) is 0 Å². The molecule has 2 aliphatic heterocycles. The van der Waals surface area contributed by atoms with E-state index in [-0.39, 0.29) is 22.8 Å². The van der Waals surface area contributed by atoms with Crippen LogP contribution in [0.5, 0.6) is 0 Å². The highest BCUT2D eigenvalue weighted by atomic mass is 32.1. The van der Waals surface area contributed by atoms with Gasteiger partial charge in [0.2, 0.25) is 5.96 Å². The lowest BCUT2D eigenvalue weighted by Gasteiger charge is -2.24. The van der Waals surface area contributed by atoms with E-state index in [4.69, 9.17) is 29.4 Å². The SMILES string of the molecule is CC.CC.CC.CC.CC.CC.CC1(c2ccccc2)N=C(N)N=C1N.CC1(c2ccccc2)NC(=S)N=C1N.[B].[B]. The van der Waals surface area contributed by atoms with Crippen molar-refractivity contribution >= 4 is 51.8 Å². The number of hydrogen-bond donors (Lipinski definition) is 4. The number of guanidine groups is 1. The van der Waals surface area contributed by atoms with Crippen molar-refractivity contribution in [1.29, 1.82) is 0 Å². The van der Waals surface area contributed by atoms with Crippen molar-refractivity contribution in [3.8, 4) is 0 Å². The maximum Gasteiger partial charge on any atom is 0.218 e. The Morgan fingerprint density at radius 1 is 0.571 bits per heavy atom. The van der Waals surface area contributed by atoms with Gasteiger partial charge >= 0.3 is 0 Å². The van der Waals surface area contributed by atoms with Crippen molar-refractivity contribution in [3.05, 3.63) is 71.8 Å². The molecule has 0 saturated heterocycles. The minimum atomic E-state index is -0.592. The van der Waals surface area contributed by atoms with E-state index >= 15 is 0 Å². The van der Waals surface area contributed by atoms with Crippen LogP contribution in [0.3, 0.4) is 0 Å². The molecule has 0 saturated carbocycles. The summed E-state index contributed by atoms with van der Waals surface area (Å²) in [7, 11) is 0. The van der Waals surface area contributed by atoms with Crippen molar-refractivity contribution in [2.75, 3.05) is 0 Å². The molecule has 4 rings (SSSR count). The molecule has 234 valence electrons. The Morgan fingerprint density at radius 3 is 1.21 bits per heavy atom. The zero-order valence-corrected chi connectivity index (χ0v) is 29.7. The van der Waals surface area contributed by atoms with Crippen LogP contribution in [0.1, 0.15) is 108 Å². The topological polar surface area (TPSA) is 127 Å². The molecule has 0 bridgehead atoms. The highest BCUT2D eigenvalue weighted by Crippen LogP contribution is 2.28. The number of nitrogens with one attached hydrogen (secondary N) is 1. The van der Waals surface area contributed by atoms with Crippen LogP contribution < -0.4 is 22.5 Å². The number of nitrogens with zero attached hydrogens (tertiary/aromatic N) is 3. The standard InChI is InChI=1S/C10H12N4.C10H11N3S.6C2H6.2B/c1-10(7-5-3-2-4-6-7)8(11)13-9(12)14-10;1-10(7-5-3-2-4-6-7)8(11)12-9(14)13-10;6*1-2;;/h2-6H,1H3,(H4,11,12,13,14);2-6H,1H3,(H3,11,12,13,14);6*1-2H3;;. The van der Waals surface area contributed by atoms with Gasteiger partial charge in [0.25, 0.3) is 0 Å². The van der Waals surface area contributed by atoms with Crippen molar-refractivity contribution in [1.82, 2.24) is 5.32 Å². The number of nitrogens with two attached hydrogens (primary N) is 3. The number of hydrogen-bond acceptors (Lipinski definition) is 6.